The summed E-state index contributed by atoms with van der Waals surface area (Å²) >= 11 is 0. The van der Waals surface area contributed by atoms with Crippen LogP contribution in [0.5, 0.6) is 5.75 Å². The Hall–Kier alpha value is -2.80. The molecular formula is C17H20N2O5. The van der Waals surface area contributed by atoms with Crippen LogP contribution in [0.2, 0.25) is 0 Å². The molecule has 7 heteroatoms. The monoisotopic (exact) mass is 332 g/mol. The molecule has 0 atom stereocenters. The van der Waals surface area contributed by atoms with Crippen molar-refractivity contribution in [2.75, 3.05) is 38.7 Å². The third-order valence-electron chi connectivity index (χ3n) is 3.46. The smallest absolute Gasteiger partial charge is 0.337 e. The fourth-order valence-electron chi connectivity index (χ4n) is 2.33. The molecule has 2 rings (SSSR count). The van der Waals surface area contributed by atoms with Gasteiger partial charge in [-0.1, -0.05) is 24.8 Å². The number of nitrogens with zero attached hydrogens (tertiary/aromatic N) is 1. The first kappa shape index (κ1) is 17.6. The van der Waals surface area contributed by atoms with E-state index >= 15 is 0 Å². The number of hydrogen-bond acceptors (Lipinski definition) is 6. The minimum absolute atomic E-state index is 0.0874. The van der Waals surface area contributed by atoms with Gasteiger partial charge in [0.25, 0.3) is 5.91 Å². The number of carbonyl (C=O) groups excluding carboxylic acids is 2. The molecule has 7 nitrogen and oxygen atoms in total. The highest BCUT2D eigenvalue weighted by Crippen LogP contribution is 2.29. The number of aliphatic hydroxyl groups excluding tert-OH is 1. The number of methoxy groups -OCH3 is 1. The standard InChI is InChI=1S/C17H20N2O5/c1-3-10-24-14-7-5-4-6-13(14)18-15-12(17(22)23-2)11-19(8-9-20)16(15)21/h3-7,18,20H,1,8-11H2,2H3. The molecule has 1 aliphatic rings. The molecule has 0 saturated carbocycles. The minimum Gasteiger partial charge on any atom is -0.487 e. The van der Waals surface area contributed by atoms with Crippen molar-refractivity contribution < 1.29 is 24.2 Å². The second-order valence-electron chi connectivity index (χ2n) is 5.02. The summed E-state index contributed by atoms with van der Waals surface area (Å²) in [6.07, 6.45) is 1.61. The first-order chi connectivity index (χ1) is 11.6. The Kier molecular flexibility index (Phi) is 5.97. The van der Waals surface area contributed by atoms with Crippen LogP contribution in [0.4, 0.5) is 5.69 Å². The van der Waals surface area contributed by atoms with Gasteiger partial charge in [-0.15, -0.1) is 0 Å². The summed E-state index contributed by atoms with van der Waals surface area (Å²) in [4.78, 5) is 25.8. The van der Waals surface area contributed by atoms with Gasteiger partial charge in [0.1, 0.15) is 18.1 Å². The Morgan fingerprint density at radius 3 is 2.88 bits per heavy atom. The summed E-state index contributed by atoms with van der Waals surface area (Å²) < 4.78 is 10.3. The minimum atomic E-state index is -0.587. The molecule has 0 aromatic heterocycles. The van der Waals surface area contributed by atoms with Crippen molar-refractivity contribution in [3.8, 4) is 5.75 Å². The van der Waals surface area contributed by atoms with Crippen molar-refractivity contribution in [3.05, 3.63) is 48.2 Å². The van der Waals surface area contributed by atoms with Crippen molar-refractivity contribution in [1.29, 1.82) is 0 Å². The van der Waals surface area contributed by atoms with Crippen molar-refractivity contribution >= 4 is 17.6 Å². The topological polar surface area (TPSA) is 88.1 Å². The van der Waals surface area contributed by atoms with Crippen molar-refractivity contribution in [3.63, 3.8) is 0 Å². The maximum atomic E-state index is 12.5. The molecule has 1 aromatic rings. The van der Waals surface area contributed by atoms with Crippen LogP contribution in [0.3, 0.4) is 0 Å². The number of amides is 1. The molecule has 1 aliphatic heterocycles. The zero-order chi connectivity index (χ0) is 17.5. The van der Waals surface area contributed by atoms with Crippen LogP contribution in [-0.2, 0) is 14.3 Å². The molecule has 0 aliphatic carbocycles. The van der Waals surface area contributed by atoms with Gasteiger partial charge in [0, 0.05) is 6.54 Å². The lowest BCUT2D eigenvalue weighted by Gasteiger charge is -2.16. The van der Waals surface area contributed by atoms with Crippen LogP contribution in [0.15, 0.2) is 48.2 Å². The van der Waals surface area contributed by atoms with Crippen LogP contribution in [0.1, 0.15) is 0 Å². The lowest BCUT2D eigenvalue weighted by molar-refractivity contribution is -0.136. The van der Waals surface area contributed by atoms with Crippen molar-refractivity contribution in [2.24, 2.45) is 0 Å². The van der Waals surface area contributed by atoms with E-state index in [0.29, 0.717) is 18.0 Å². The van der Waals surface area contributed by atoms with Gasteiger partial charge in [-0.05, 0) is 12.1 Å². The summed E-state index contributed by atoms with van der Waals surface area (Å²) in [7, 11) is 1.26. The van der Waals surface area contributed by atoms with E-state index in [9.17, 15) is 9.59 Å². The van der Waals surface area contributed by atoms with Gasteiger partial charge in [0.05, 0.1) is 31.5 Å². The molecule has 0 bridgehead atoms. The number of hydrogen-bond donors (Lipinski definition) is 2. The largest absolute Gasteiger partial charge is 0.487 e. The van der Waals surface area contributed by atoms with E-state index in [2.05, 4.69) is 11.9 Å². The fraction of sp³-hybridized carbons (Fsp3) is 0.294. The Morgan fingerprint density at radius 2 is 2.21 bits per heavy atom. The molecule has 24 heavy (non-hydrogen) atoms. The average molecular weight is 332 g/mol. The van der Waals surface area contributed by atoms with Gasteiger partial charge in [0.2, 0.25) is 0 Å². The Bertz CT molecular complexity index is 669. The molecule has 0 unspecified atom stereocenters. The number of carbonyl (C=O) groups is 2. The fourth-order valence-corrected chi connectivity index (χ4v) is 2.33. The Morgan fingerprint density at radius 1 is 1.46 bits per heavy atom. The first-order valence-electron chi connectivity index (χ1n) is 7.43. The Balaban J connectivity index is 2.32. The average Bonchev–Trinajstić information content (AvgIpc) is 2.90. The molecule has 1 amide bonds. The molecule has 0 spiro atoms. The predicted octanol–water partition coefficient (Wildman–Crippen LogP) is 0.925. The molecule has 1 aromatic carbocycles. The number of β-amino-alcohol motifs (C(OH)–C–C–N with tert-alkyl or cyclic N) is 1. The van der Waals surface area contributed by atoms with Gasteiger partial charge < -0.3 is 24.8 Å². The third kappa shape index (κ3) is 3.75. The molecule has 128 valence electrons. The summed E-state index contributed by atoms with van der Waals surface area (Å²) in [5.41, 5.74) is 0.898. The molecule has 0 saturated heterocycles. The lowest BCUT2D eigenvalue weighted by Crippen LogP contribution is -2.31. The van der Waals surface area contributed by atoms with Gasteiger partial charge in [-0.25, -0.2) is 4.79 Å². The molecule has 0 radical (unpaired) electrons. The molecule has 2 N–H and O–H groups in total. The first-order valence-corrected chi connectivity index (χ1v) is 7.43. The Labute approximate surface area is 140 Å². The second-order valence-corrected chi connectivity index (χ2v) is 5.02. The number of benzene rings is 1. The second kappa shape index (κ2) is 8.16. The van der Waals surface area contributed by atoms with Crippen molar-refractivity contribution in [1.82, 2.24) is 4.90 Å². The van der Waals surface area contributed by atoms with E-state index in [1.54, 1.807) is 30.3 Å². The number of nitrogens with one attached hydrogen (secondary N) is 1. The maximum absolute atomic E-state index is 12.5. The van der Waals surface area contributed by atoms with Gasteiger partial charge in [0.15, 0.2) is 0 Å². The van der Waals surface area contributed by atoms with Crippen LogP contribution < -0.4 is 10.1 Å². The van der Waals surface area contributed by atoms with Gasteiger partial charge in [-0.2, -0.15) is 0 Å². The quantitative estimate of drug-likeness (QED) is 0.544. The van der Waals surface area contributed by atoms with E-state index in [1.165, 1.54) is 12.0 Å². The molecule has 0 fully saturated rings. The lowest BCUT2D eigenvalue weighted by atomic mass is 10.2. The molecular weight excluding hydrogens is 312 g/mol. The number of rotatable bonds is 8. The van der Waals surface area contributed by atoms with Crippen molar-refractivity contribution in [2.45, 2.75) is 0 Å². The zero-order valence-corrected chi connectivity index (χ0v) is 13.4. The maximum Gasteiger partial charge on any atom is 0.337 e. The van der Waals surface area contributed by atoms with Gasteiger partial charge in [-0.3, -0.25) is 4.79 Å². The molecule has 1 heterocycles. The number of esters is 1. The SMILES string of the molecule is C=CCOc1ccccc1NC1=C(C(=O)OC)CN(CCO)C1=O. The highest BCUT2D eigenvalue weighted by molar-refractivity contribution is 6.08. The number of para-hydroxylation sites is 2. The van der Waals surface area contributed by atoms with E-state index in [4.69, 9.17) is 14.6 Å². The summed E-state index contributed by atoms with van der Waals surface area (Å²) in [6.45, 7) is 3.95. The normalized spacial score (nSPS) is 13.9. The summed E-state index contributed by atoms with van der Waals surface area (Å²) in [6, 6.07) is 7.07. The zero-order valence-electron chi connectivity index (χ0n) is 13.4. The number of ether oxygens (including phenoxy) is 2. The van der Waals surface area contributed by atoms with E-state index in [-0.39, 0.29) is 36.9 Å². The highest BCUT2D eigenvalue weighted by Gasteiger charge is 2.34. The predicted molar refractivity (Wildman–Crippen MR) is 88.5 cm³/mol. The third-order valence-corrected chi connectivity index (χ3v) is 3.46. The number of aliphatic hydroxyl groups is 1. The summed E-state index contributed by atoms with van der Waals surface area (Å²) in [5.74, 6) is -0.429. The van der Waals surface area contributed by atoms with E-state index in [1.807, 2.05) is 0 Å². The summed E-state index contributed by atoms with van der Waals surface area (Å²) in [5, 5.41) is 12.0. The highest BCUT2D eigenvalue weighted by atomic mass is 16.5. The van der Waals surface area contributed by atoms with E-state index in [0.717, 1.165) is 0 Å². The van der Waals surface area contributed by atoms with Crippen LogP contribution in [0.25, 0.3) is 0 Å². The number of anilines is 1. The van der Waals surface area contributed by atoms with Crippen LogP contribution >= 0.6 is 0 Å². The van der Waals surface area contributed by atoms with Crippen LogP contribution in [-0.4, -0.2) is 55.3 Å². The van der Waals surface area contributed by atoms with E-state index < -0.39 is 5.97 Å². The van der Waals surface area contributed by atoms with Crippen LogP contribution in [0, 0.1) is 0 Å². The van der Waals surface area contributed by atoms with Gasteiger partial charge >= 0.3 is 5.97 Å².